The summed E-state index contributed by atoms with van der Waals surface area (Å²) in [5.41, 5.74) is 0. The third kappa shape index (κ3) is 11.7. The Morgan fingerprint density at radius 1 is 1.55 bits per heavy atom. The van der Waals surface area contributed by atoms with Crippen LogP contribution >= 0.6 is 0 Å². The van der Waals surface area contributed by atoms with Gasteiger partial charge in [-0.25, -0.2) is 0 Å². The minimum atomic E-state index is -2.10. The third-order valence-electron chi connectivity index (χ3n) is 2.25. The van der Waals surface area contributed by atoms with Gasteiger partial charge in [0.15, 0.2) is 0 Å². The number of carboxylic acids is 1. The molecular formula is C14H31NO5-2. The molecule has 4 N–H and O–H groups in total. The van der Waals surface area contributed by atoms with Gasteiger partial charge in [-0.2, -0.15) is 0 Å². The molecule has 0 bridgehead atoms. The van der Waals surface area contributed by atoms with Gasteiger partial charge in [-0.05, 0) is 25.6 Å². The molecule has 0 saturated carbocycles. The van der Waals surface area contributed by atoms with Crippen LogP contribution in [0.2, 0.25) is 2.82 Å². The molecule has 0 aliphatic heterocycles. The van der Waals surface area contributed by atoms with Crippen molar-refractivity contribution >= 4 is 11.8 Å². The zero-order chi connectivity index (χ0) is 22.5. The van der Waals surface area contributed by atoms with E-state index in [1.807, 2.05) is 0 Å². The number of aliphatic hydroxyl groups is 1. The van der Waals surface area contributed by atoms with Gasteiger partial charge >= 0.3 is 0 Å². The van der Waals surface area contributed by atoms with E-state index in [4.69, 9.17) is 9.74 Å². The molecule has 0 spiro atoms. The van der Waals surface area contributed by atoms with Crippen molar-refractivity contribution in [3.8, 4) is 0 Å². The summed E-state index contributed by atoms with van der Waals surface area (Å²) in [6, 6.07) is 0. The molecule has 0 aromatic rings. The topological polar surface area (TPSA) is 135 Å². The number of carbonyl (C=O) groups is 2. The predicted octanol–water partition coefficient (Wildman–Crippen LogP) is 0.663. The first-order valence-corrected chi connectivity index (χ1v) is 5.72. The summed E-state index contributed by atoms with van der Waals surface area (Å²) in [6.45, 7) is 8.55. The number of ketones is 1. The highest BCUT2D eigenvalue weighted by Crippen LogP contribution is 2.08. The van der Waals surface area contributed by atoms with Crippen LogP contribution in [0.4, 0.5) is 0 Å². The molecule has 0 saturated heterocycles. The predicted molar refractivity (Wildman–Crippen MR) is 77.9 cm³/mol. The Bertz CT molecular complexity index is 449. The van der Waals surface area contributed by atoms with Crippen LogP contribution in [0, 0.1) is 11.8 Å². The molecule has 2 unspecified atom stereocenters. The fraction of sp³-hybridized carbons (Fsp3) is 0.714. The maximum atomic E-state index is 10.9. The van der Waals surface area contributed by atoms with Crippen molar-refractivity contribution in [2.75, 3.05) is 0 Å². The van der Waals surface area contributed by atoms with E-state index in [9.17, 15) is 19.8 Å². The Kier molecular flexibility index (Phi) is 7.12. The van der Waals surface area contributed by atoms with E-state index >= 15 is 0 Å². The Morgan fingerprint density at radius 3 is 2.15 bits per heavy atom. The lowest BCUT2D eigenvalue weighted by molar-refractivity contribution is -0.312. The zero-order valence-electron chi connectivity index (χ0n) is 19.1. The van der Waals surface area contributed by atoms with Crippen LogP contribution in [0.25, 0.3) is 0 Å². The zero-order valence-corrected chi connectivity index (χ0v) is 12.1. The molecule has 0 aliphatic carbocycles. The van der Waals surface area contributed by atoms with Gasteiger partial charge in [0.2, 0.25) is 1.43 Å². The Balaban J connectivity index is -0.000000113. The normalized spacial score (nSPS) is 22.3. The second-order valence-corrected chi connectivity index (χ2v) is 3.94. The fourth-order valence-corrected chi connectivity index (χ4v) is 1.06. The quantitative estimate of drug-likeness (QED) is 0.499. The average molecular weight is 302 g/mol. The molecule has 0 amide bonds. The number of Topliss-reactive ketones (excluding diaryl/α,β-unsaturated/α-hetero) is 1. The van der Waals surface area contributed by atoms with Crippen LogP contribution in [-0.4, -0.2) is 24.4 Å². The van der Waals surface area contributed by atoms with Gasteiger partial charge < -0.3 is 26.3 Å². The fourth-order valence-electron chi connectivity index (χ4n) is 1.06. The van der Waals surface area contributed by atoms with Gasteiger partial charge in [0.1, 0.15) is 8.61 Å². The van der Waals surface area contributed by atoms with Crippen LogP contribution in [0.3, 0.4) is 0 Å². The standard InChI is InChI=1S/C7H12O4.C7H14O.H3N.2H2/c1-3-5(9)6(4(2)8)7(10)11;1-4-6(2)5-7(3)8;;;/h5-6,9H,3H2,1-2H3,(H,10,11);6,8H,3-5H2,1-2H3;1H3;2*1H/p-2/t;6-;;;/m.0.../s1/i3D2,9D;4D,5D;;2*1+1/hD2/t;4-,5+,6+;;;/m.1.... The third-order valence-corrected chi connectivity index (χ3v) is 2.25. The molecule has 0 heterocycles. The SMILES string of the molecule is [2HH].[2HH].[2H]N[2H].[2H]OC(C(C(C)=O)C(=O)[O-])C([2H])([2H])C.[2H][C@H](C)[C@H](C)[C@H]([2H])C(=C)[O-]. The highest BCUT2D eigenvalue weighted by Gasteiger charge is 2.22. The van der Waals surface area contributed by atoms with Gasteiger partial charge in [0.05, 0.1) is 18.0 Å². The lowest BCUT2D eigenvalue weighted by Gasteiger charge is -2.19. The second kappa shape index (κ2) is 12.6. The van der Waals surface area contributed by atoms with Crippen LogP contribution < -0.4 is 16.3 Å². The lowest BCUT2D eigenvalue weighted by Crippen LogP contribution is -2.42. The second-order valence-electron chi connectivity index (χ2n) is 3.94. The highest BCUT2D eigenvalue weighted by atomic mass is 16.4. The van der Waals surface area contributed by atoms with E-state index in [2.05, 4.69) is 11.7 Å². The van der Waals surface area contributed by atoms with Crippen molar-refractivity contribution in [1.29, 1.82) is 1.43 Å². The molecule has 0 aliphatic rings. The maximum absolute atomic E-state index is 10.9. The first kappa shape index (κ1) is 11.3. The molecule has 0 fully saturated rings. The molecule has 0 rings (SSSR count). The molecule has 6 heteroatoms. The number of rotatable bonds is 8. The van der Waals surface area contributed by atoms with Crippen LogP contribution in [-0.2, 0) is 9.59 Å². The van der Waals surface area contributed by atoms with E-state index in [-0.39, 0.29) is 15.2 Å². The minimum absolute atomic E-state index is 0. The van der Waals surface area contributed by atoms with Crippen LogP contribution in [0.1, 0.15) is 55.2 Å². The maximum Gasteiger partial charge on any atom is 0.210 e. The van der Waals surface area contributed by atoms with Gasteiger partial charge in [-0.1, -0.05) is 27.2 Å². The van der Waals surface area contributed by atoms with Crippen molar-refractivity contribution in [2.24, 2.45) is 11.8 Å². The van der Waals surface area contributed by atoms with Crippen molar-refractivity contribution < 1.29 is 36.1 Å². The summed E-state index contributed by atoms with van der Waals surface area (Å²) in [7, 11) is 0. The Labute approximate surface area is 134 Å². The van der Waals surface area contributed by atoms with E-state index < -0.39 is 42.3 Å². The van der Waals surface area contributed by atoms with E-state index in [0.29, 0.717) is 0 Å². The lowest BCUT2D eigenvalue weighted by atomic mass is 9.97. The van der Waals surface area contributed by atoms with Gasteiger partial charge in [0, 0.05) is 8.34 Å². The number of hydrogen-bond donors (Lipinski definition) is 2. The van der Waals surface area contributed by atoms with E-state index in [1.165, 1.54) is 6.14 Å². The summed E-state index contributed by atoms with van der Waals surface area (Å²) in [6.07, 6.45) is -3.70. The van der Waals surface area contributed by atoms with Crippen molar-refractivity contribution in [3.63, 3.8) is 0 Å². The first-order valence-electron chi connectivity index (χ1n) is 9.28. The molecule has 0 radical (unpaired) electrons. The largest absolute Gasteiger partial charge is 0.876 e. The van der Waals surface area contributed by atoms with E-state index in [1.54, 1.807) is 13.8 Å². The number of carbonyl (C=O) groups excluding carboxylic acids is 2. The number of carboxylic acid groups (broad SMARTS) is 1. The summed E-state index contributed by atoms with van der Waals surface area (Å²) in [5.74, 6) is -4.91. The van der Waals surface area contributed by atoms with Gasteiger partial charge in [0.25, 0.3) is 0 Å². The molecule has 124 valence electrons. The number of aliphatic hydroxyl groups excluding tert-OH is 1. The molecule has 5 atom stereocenters. The smallest absolute Gasteiger partial charge is 0.210 e. The first-order chi connectivity index (χ1) is 12.1. The molecule has 0 aromatic carbocycles. The Hall–Kier alpha value is -1.40. The minimum Gasteiger partial charge on any atom is -0.876 e. The molecule has 6 nitrogen and oxygen atoms in total. The summed E-state index contributed by atoms with van der Waals surface area (Å²) in [5, 5.41) is 25.0. The number of aliphatic carboxylic acids is 1. The van der Waals surface area contributed by atoms with Crippen LogP contribution in [0.5, 0.6) is 0 Å². The van der Waals surface area contributed by atoms with Gasteiger partial charge in [-0.3, -0.25) is 4.79 Å². The monoisotopic (exact) mass is 302 g/mol. The summed E-state index contributed by atoms with van der Waals surface area (Å²) < 4.78 is 46.6. The number of hydrogen-bond acceptors (Lipinski definition) is 6. The molecule has 0 aromatic heterocycles. The van der Waals surface area contributed by atoms with Crippen molar-refractivity contribution in [1.82, 2.24) is 6.14 Å². The number of allylic oxidation sites excluding steroid dienone is 1. The van der Waals surface area contributed by atoms with Crippen LogP contribution in [0.15, 0.2) is 12.3 Å². The highest BCUT2D eigenvalue weighted by molar-refractivity contribution is 5.96. The summed E-state index contributed by atoms with van der Waals surface area (Å²) in [4.78, 5) is 21.4. The van der Waals surface area contributed by atoms with Gasteiger partial charge in [-0.15, -0.1) is 12.3 Å². The average Bonchev–Trinajstić information content (AvgIpc) is 2.49. The molecule has 20 heavy (non-hydrogen) atoms. The summed E-state index contributed by atoms with van der Waals surface area (Å²) >= 11 is 0. The Morgan fingerprint density at radius 2 is 2.05 bits per heavy atom. The van der Waals surface area contributed by atoms with Crippen molar-refractivity contribution in [3.05, 3.63) is 12.3 Å². The van der Waals surface area contributed by atoms with E-state index in [0.717, 1.165) is 13.8 Å². The van der Waals surface area contributed by atoms with Crippen molar-refractivity contribution in [2.45, 2.75) is 53.0 Å². The molecular weight excluding hydrogens is 262 g/mol.